The van der Waals surface area contributed by atoms with Gasteiger partial charge in [0.2, 0.25) is 0 Å². The third kappa shape index (κ3) is 2.19. The number of benzene rings is 1. The standard InChI is InChI=1S/C12H11N7O/c13-16-11-6-14-8(5-15-11)7-19-12(20)9-3-1-2-4-10(9)17-18-19/h1-6H,7,13H2,(H,15,16). The molecular weight excluding hydrogens is 258 g/mol. The van der Waals surface area contributed by atoms with Crippen LogP contribution in [0.1, 0.15) is 5.69 Å². The number of hydrogen-bond acceptors (Lipinski definition) is 7. The molecule has 2 aromatic heterocycles. The third-order valence-corrected chi connectivity index (χ3v) is 2.79. The number of anilines is 1. The first kappa shape index (κ1) is 12.2. The molecule has 0 aliphatic heterocycles. The van der Waals surface area contributed by atoms with Gasteiger partial charge in [0.25, 0.3) is 5.56 Å². The van der Waals surface area contributed by atoms with Crippen LogP contribution in [0.3, 0.4) is 0 Å². The summed E-state index contributed by atoms with van der Waals surface area (Å²) < 4.78 is 1.25. The lowest BCUT2D eigenvalue weighted by Gasteiger charge is -2.04. The van der Waals surface area contributed by atoms with Crippen molar-refractivity contribution < 1.29 is 0 Å². The Bertz CT molecular complexity index is 797. The van der Waals surface area contributed by atoms with E-state index in [1.54, 1.807) is 18.2 Å². The van der Waals surface area contributed by atoms with Crippen LogP contribution in [-0.2, 0) is 6.54 Å². The second kappa shape index (κ2) is 5.02. The van der Waals surface area contributed by atoms with Gasteiger partial charge in [0.05, 0.1) is 30.0 Å². The lowest BCUT2D eigenvalue weighted by molar-refractivity contribution is 0.590. The number of nitrogens with one attached hydrogen (secondary N) is 1. The molecule has 0 atom stereocenters. The van der Waals surface area contributed by atoms with Crippen molar-refractivity contribution in [3.8, 4) is 0 Å². The zero-order valence-corrected chi connectivity index (χ0v) is 10.4. The summed E-state index contributed by atoms with van der Waals surface area (Å²) in [5.41, 5.74) is 3.34. The largest absolute Gasteiger partial charge is 0.307 e. The molecule has 0 unspecified atom stereocenters. The molecule has 0 aliphatic carbocycles. The quantitative estimate of drug-likeness (QED) is 0.505. The van der Waals surface area contributed by atoms with Gasteiger partial charge in [0.1, 0.15) is 5.52 Å². The second-order valence-electron chi connectivity index (χ2n) is 4.11. The molecular formula is C12H11N7O. The number of fused-ring (bicyclic) bond motifs is 1. The van der Waals surface area contributed by atoms with E-state index in [0.29, 0.717) is 22.4 Å². The van der Waals surface area contributed by atoms with Crippen molar-refractivity contribution in [2.24, 2.45) is 5.84 Å². The Labute approximate surface area is 113 Å². The molecule has 0 spiro atoms. The van der Waals surface area contributed by atoms with E-state index in [-0.39, 0.29) is 12.1 Å². The maximum Gasteiger partial charge on any atom is 0.277 e. The molecule has 2 heterocycles. The minimum absolute atomic E-state index is 0.203. The first-order chi connectivity index (χ1) is 9.78. The lowest BCUT2D eigenvalue weighted by atomic mass is 10.2. The van der Waals surface area contributed by atoms with Gasteiger partial charge in [-0.15, -0.1) is 5.10 Å². The van der Waals surface area contributed by atoms with E-state index in [0.717, 1.165) is 0 Å². The number of nitrogens with zero attached hydrogens (tertiary/aromatic N) is 5. The molecule has 3 N–H and O–H groups in total. The Kier molecular flexibility index (Phi) is 3.05. The average Bonchev–Trinajstić information content (AvgIpc) is 2.51. The van der Waals surface area contributed by atoms with E-state index < -0.39 is 0 Å². The Morgan fingerprint density at radius 3 is 2.80 bits per heavy atom. The summed E-state index contributed by atoms with van der Waals surface area (Å²) in [5, 5.41) is 8.42. The molecule has 3 aromatic rings. The highest BCUT2D eigenvalue weighted by atomic mass is 16.1. The molecule has 8 nitrogen and oxygen atoms in total. The third-order valence-electron chi connectivity index (χ3n) is 2.79. The van der Waals surface area contributed by atoms with Crippen molar-refractivity contribution in [3.63, 3.8) is 0 Å². The monoisotopic (exact) mass is 269 g/mol. The second-order valence-corrected chi connectivity index (χ2v) is 4.11. The number of hydrogen-bond donors (Lipinski definition) is 2. The smallest absolute Gasteiger partial charge is 0.277 e. The van der Waals surface area contributed by atoms with E-state index in [4.69, 9.17) is 5.84 Å². The maximum absolute atomic E-state index is 12.2. The van der Waals surface area contributed by atoms with Gasteiger partial charge in [0.15, 0.2) is 5.82 Å². The Balaban J connectivity index is 1.98. The molecule has 0 bridgehead atoms. The zero-order valence-electron chi connectivity index (χ0n) is 10.4. The molecule has 1 aromatic carbocycles. The van der Waals surface area contributed by atoms with E-state index in [1.165, 1.54) is 17.1 Å². The fourth-order valence-electron chi connectivity index (χ4n) is 1.79. The number of nitrogens with two attached hydrogens (primary N) is 1. The highest BCUT2D eigenvalue weighted by Gasteiger charge is 2.06. The SMILES string of the molecule is NNc1cnc(Cn2nnc3ccccc3c2=O)cn1. The molecule has 0 amide bonds. The number of nitrogen functional groups attached to an aromatic ring is 1. The van der Waals surface area contributed by atoms with Gasteiger partial charge in [-0.3, -0.25) is 9.78 Å². The molecule has 100 valence electrons. The van der Waals surface area contributed by atoms with Crippen LogP contribution in [0.5, 0.6) is 0 Å². The predicted octanol–water partition coefficient (Wildman–Crippen LogP) is -0.0846. The highest BCUT2D eigenvalue weighted by molar-refractivity contribution is 5.76. The molecule has 0 fully saturated rings. The first-order valence-corrected chi connectivity index (χ1v) is 5.88. The van der Waals surface area contributed by atoms with Crippen LogP contribution in [0.25, 0.3) is 10.9 Å². The van der Waals surface area contributed by atoms with Crippen LogP contribution in [-0.4, -0.2) is 25.0 Å². The normalized spacial score (nSPS) is 10.7. The van der Waals surface area contributed by atoms with Crippen LogP contribution in [0.15, 0.2) is 41.5 Å². The van der Waals surface area contributed by atoms with Gasteiger partial charge in [-0.1, -0.05) is 17.3 Å². The predicted molar refractivity (Wildman–Crippen MR) is 72.7 cm³/mol. The minimum Gasteiger partial charge on any atom is -0.307 e. The Hall–Kier alpha value is -2.87. The van der Waals surface area contributed by atoms with Gasteiger partial charge >= 0.3 is 0 Å². The van der Waals surface area contributed by atoms with Gasteiger partial charge in [-0.05, 0) is 12.1 Å². The molecule has 8 heteroatoms. The topological polar surface area (TPSA) is 112 Å². The fraction of sp³-hybridized carbons (Fsp3) is 0.0833. The summed E-state index contributed by atoms with van der Waals surface area (Å²) in [6.45, 7) is 0.203. The Morgan fingerprint density at radius 1 is 1.20 bits per heavy atom. The van der Waals surface area contributed by atoms with Crippen molar-refractivity contribution in [2.75, 3.05) is 5.43 Å². The summed E-state index contributed by atoms with van der Waals surface area (Å²) in [6, 6.07) is 7.06. The number of rotatable bonds is 3. The maximum atomic E-state index is 12.2. The van der Waals surface area contributed by atoms with Gasteiger partial charge in [-0.25, -0.2) is 15.5 Å². The van der Waals surface area contributed by atoms with E-state index in [1.807, 2.05) is 6.07 Å². The van der Waals surface area contributed by atoms with Gasteiger partial charge in [0, 0.05) is 0 Å². The van der Waals surface area contributed by atoms with Gasteiger partial charge in [-0.2, -0.15) is 0 Å². The van der Waals surface area contributed by atoms with E-state index in [2.05, 4.69) is 25.7 Å². The Morgan fingerprint density at radius 2 is 2.05 bits per heavy atom. The highest BCUT2D eigenvalue weighted by Crippen LogP contribution is 2.04. The lowest BCUT2D eigenvalue weighted by Crippen LogP contribution is -2.25. The first-order valence-electron chi connectivity index (χ1n) is 5.88. The summed E-state index contributed by atoms with van der Waals surface area (Å²) in [7, 11) is 0. The van der Waals surface area contributed by atoms with Crippen molar-refractivity contribution in [2.45, 2.75) is 6.54 Å². The van der Waals surface area contributed by atoms with Crippen molar-refractivity contribution in [1.82, 2.24) is 25.0 Å². The molecule has 0 radical (unpaired) electrons. The molecule has 0 saturated heterocycles. The van der Waals surface area contributed by atoms with E-state index >= 15 is 0 Å². The minimum atomic E-state index is -0.210. The zero-order chi connectivity index (χ0) is 13.9. The van der Waals surface area contributed by atoms with Crippen LogP contribution >= 0.6 is 0 Å². The van der Waals surface area contributed by atoms with Gasteiger partial charge < -0.3 is 5.43 Å². The molecule has 0 saturated carbocycles. The fourth-order valence-corrected chi connectivity index (χ4v) is 1.79. The van der Waals surface area contributed by atoms with Crippen LogP contribution in [0.2, 0.25) is 0 Å². The van der Waals surface area contributed by atoms with Crippen LogP contribution in [0, 0.1) is 0 Å². The van der Waals surface area contributed by atoms with Crippen molar-refractivity contribution >= 4 is 16.7 Å². The summed E-state index contributed by atoms with van der Waals surface area (Å²) in [4.78, 5) is 20.4. The molecule has 3 rings (SSSR count). The summed E-state index contributed by atoms with van der Waals surface area (Å²) in [5.74, 6) is 5.66. The summed E-state index contributed by atoms with van der Waals surface area (Å²) >= 11 is 0. The molecule has 0 aliphatic rings. The summed E-state index contributed by atoms with van der Waals surface area (Å²) in [6.07, 6.45) is 3.01. The van der Waals surface area contributed by atoms with Crippen LogP contribution < -0.4 is 16.8 Å². The van der Waals surface area contributed by atoms with E-state index in [9.17, 15) is 4.79 Å². The van der Waals surface area contributed by atoms with Crippen molar-refractivity contribution in [3.05, 3.63) is 52.7 Å². The average molecular weight is 269 g/mol. The van der Waals surface area contributed by atoms with Crippen LogP contribution in [0.4, 0.5) is 5.82 Å². The molecule has 20 heavy (non-hydrogen) atoms. The van der Waals surface area contributed by atoms with Crippen molar-refractivity contribution in [1.29, 1.82) is 0 Å². The number of aromatic nitrogens is 5. The number of hydrazine groups is 1.